The lowest BCUT2D eigenvalue weighted by Crippen LogP contribution is -2.36. The Bertz CT molecular complexity index is 280. The van der Waals surface area contributed by atoms with Gasteiger partial charge in [-0.15, -0.1) is 13.2 Å². The normalized spacial score (nSPS) is 9.59. The maximum atomic E-state index is 10.6. The summed E-state index contributed by atoms with van der Waals surface area (Å²) < 4.78 is 31.7. The zero-order chi connectivity index (χ0) is 14.1. The van der Waals surface area contributed by atoms with Gasteiger partial charge in [0.2, 0.25) is 0 Å². The molecule has 0 aromatic carbocycles. The number of nitrogens with one attached hydrogen (secondary N) is 1. The molecule has 0 aromatic rings. The first-order chi connectivity index (χ1) is 7.66. The molecule has 0 amide bonds. The third-order valence-corrected chi connectivity index (χ3v) is 1.28. The molecule has 0 aromatic heterocycles. The van der Waals surface area contributed by atoms with E-state index >= 15 is 0 Å². The van der Waals surface area contributed by atoms with Gasteiger partial charge in [-0.05, 0) is 0 Å². The third-order valence-electron chi connectivity index (χ3n) is 1.28. The second kappa shape index (κ2) is 8.20. The van der Waals surface area contributed by atoms with Crippen LogP contribution in [0.15, 0.2) is 25.3 Å². The number of guanidine groups is 1. The van der Waals surface area contributed by atoms with Crippen molar-refractivity contribution >= 4 is 11.9 Å². The molecule has 0 atom stereocenters. The van der Waals surface area contributed by atoms with Crippen molar-refractivity contribution in [1.82, 2.24) is 4.90 Å². The van der Waals surface area contributed by atoms with E-state index in [-0.39, 0.29) is 5.96 Å². The quantitative estimate of drug-likeness (QED) is 0.398. The van der Waals surface area contributed by atoms with Crippen molar-refractivity contribution in [3.05, 3.63) is 25.3 Å². The predicted octanol–water partition coefficient (Wildman–Crippen LogP) is 1.19. The van der Waals surface area contributed by atoms with Crippen LogP contribution in [0.3, 0.4) is 0 Å². The van der Waals surface area contributed by atoms with E-state index in [2.05, 4.69) is 13.2 Å². The second-order valence-electron chi connectivity index (χ2n) is 2.67. The largest absolute Gasteiger partial charge is 0.490 e. The Balaban J connectivity index is 0. The summed E-state index contributed by atoms with van der Waals surface area (Å²) in [7, 11) is 0. The fourth-order valence-corrected chi connectivity index (χ4v) is 0.583. The fourth-order valence-electron chi connectivity index (χ4n) is 0.583. The minimum atomic E-state index is -5.08. The van der Waals surface area contributed by atoms with Crippen molar-refractivity contribution in [2.45, 2.75) is 6.18 Å². The molecular formula is C9H14F3N3O2. The standard InChI is InChI=1S/C7H13N3.C2HF3O2/c1-3-5-10(6-4-2)7(8)9;3-2(4,5)1(6)7/h3-4H,1-2,5-6H2,(H3,8,9);(H,6,7). The number of alkyl halides is 3. The SMILES string of the molecule is C=CCN(CC=C)C(=N)N.O=C(O)C(F)(F)F. The molecule has 98 valence electrons. The first-order valence-corrected chi connectivity index (χ1v) is 4.27. The molecule has 0 spiro atoms. The molecule has 5 nitrogen and oxygen atoms in total. The monoisotopic (exact) mass is 253 g/mol. The molecule has 0 bridgehead atoms. The van der Waals surface area contributed by atoms with Crippen LogP contribution in [0.1, 0.15) is 0 Å². The van der Waals surface area contributed by atoms with E-state index in [4.69, 9.17) is 21.0 Å². The van der Waals surface area contributed by atoms with Gasteiger partial charge < -0.3 is 15.7 Å². The van der Waals surface area contributed by atoms with Gasteiger partial charge in [0.05, 0.1) is 0 Å². The highest BCUT2D eigenvalue weighted by atomic mass is 19.4. The lowest BCUT2D eigenvalue weighted by molar-refractivity contribution is -0.192. The van der Waals surface area contributed by atoms with Crippen LogP contribution in [0, 0.1) is 5.41 Å². The van der Waals surface area contributed by atoms with Gasteiger partial charge in [0.15, 0.2) is 5.96 Å². The van der Waals surface area contributed by atoms with Gasteiger partial charge in [-0.25, -0.2) is 4.79 Å². The van der Waals surface area contributed by atoms with Gasteiger partial charge in [0.25, 0.3) is 0 Å². The van der Waals surface area contributed by atoms with Crippen molar-refractivity contribution in [2.75, 3.05) is 13.1 Å². The molecule has 0 radical (unpaired) electrons. The van der Waals surface area contributed by atoms with E-state index in [0.717, 1.165) is 0 Å². The Morgan fingerprint density at radius 1 is 1.35 bits per heavy atom. The zero-order valence-corrected chi connectivity index (χ0v) is 9.00. The van der Waals surface area contributed by atoms with E-state index in [1.807, 2.05) is 0 Å². The van der Waals surface area contributed by atoms with Crippen molar-refractivity contribution in [3.8, 4) is 0 Å². The molecule has 0 saturated heterocycles. The minimum Gasteiger partial charge on any atom is -0.475 e. The second-order valence-corrected chi connectivity index (χ2v) is 2.67. The first-order valence-electron chi connectivity index (χ1n) is 4.27. The number of carboxylic acid groups (broad SMARTS) is 1. The number of rotatable bonds is 4. The molecule has 0 aliphatic rings. The highest BCUT2D eigenvalue weighted by Crippen LogP contribution is 2.13. The number of hydrogen-bond acceptors (Lipinski definition) is 2. The number of hydrogen-bond donors (Lipinski definition) is 3. The van der Waals surface area contributed by atoms with Crippen LogP contribution >= 0.6 is 0 Å². The zero-order valence-electron chi connectivity index (χ0n) is 9.00. The summed E-state index contributed by atoms with van der Waals surface area (Å²) in [5.41, 5.74) is 5.22. The average Bonchev–Trinajstić information content (AvgIpc) is 2.16. The van der Waals surface area contributed by atoms with Crippen LogP contribution in [0.5, 0.6) is 0 Å². The summed E-state index contributed by atoms with van der Waals surface area (Å²) in [6.45, 7) is 8.27. The van der Waals surface area contributed by atoms with Gasteiger partial charge >= 0.3 is 12.1 Å². The fraction of sp³-hybridized carbons (Fsp3) is 0.333. The number of halogens is 3. The summed E-state index contributed by atoms with van der Waals surface area (Å²) >= 11 is 0. The van der Waals surface area contributed by atoms with Gasteiger partial charge in [0, 0.05) is 13.1 Å². The molecule has 0 fully saturated rings. The van der Waals surface area contributed by atoms with Crippen LogP contribution in [0.2, 0.25) is 0 Å². The number of nitrogens with two attached hydrogens (primary N) is 1. The Morgan fingerprint density at radius 3 is 1.76 bits per heavy atom. The molecule has 8 heteroatoms. The van der Waals surface area contributed by atoms with Gasteiger partial charge in [0.1, 0.15) is 0 Å². The Morgan fingerprint density at radius 2 is 1.65 bits per heavy atom. The summed E-state index contributed by atoms with van der Waals surface area (Å²) in [5.74, 6) is -2.70. The van der Waals surface area contributed by atoms with Crippen molar-refractivity contribution in [2.24, 2.45) is 5.73 Å². The summed E-state index contributed by atoms with van der Waals surface area (Å²) in [6.07, 6.45) is -1.68. The van der Waals surface area contributed by atoms with Crippen molar-refractivity contribution < 1.29 is 23.1 Å². The van der Waals surface area contributed by atoms with Gasteiger partial charge in [-0.3, -0.25) is 5.41 Å². The highest BCUT2D eigenvalue weighted by molar-refractivity contribution is 5.74. The van der Waals surface area contributed by atoms with Gasteiger partial charge in [-0.1, -0.05) is 12.2 Å². The van der Waals surface area contributed by atoms with Crippen LogP contribution < -0.4 is 5.73 Å². The Labute approximate surface area is 96.5 Å². The summed E-state index contributed by atoms with van der Waals surface area (Å²) in [6, 6.07) is 0. The lowest BCUT2D eigenvalue weighted by atomic mass is 10.5. The number of carbonyl (C=O) groups is 1. The number of carboxylic acids is 1. The minimum absolute atomic E-state index is 0.0554. The van der Waals surface area contributed by atoms with E-state index < -0.39 is 12.1 Å². The molecular weight excluding hydrogens is 239 g/mol. The topological polar surface area (TPSA) is 90.4 Å². The van der Waals surface area contributed by atoms with Crippen LogP contribution in [-0.2, 0) is 4.79 Å². The first kappa shape index (κ1) is 17.4. The van der Waals surface area contributed by atoms with Crippen molar-refractivity contribution in [1.29, 1.82) is 5.41 Å². The Kier molecular flexibility index (Phi) is 8.39. The molecule has 0 unspecified atom stereocenters. The highest BCUT2D eigenvalue weighted by Gasteiger charge is 2.38. The van der Waals surface area contributed by atoms with Crippen LogP contribution in [0.4, 0.5) is 13.2 Å². The maximum Gasteiger partial charge on any atom is 0.490 e. The molecule has 0 aliphatic carbocycles. The molecule has 0 heterocycles. The number of aliphatic carboxylic acids is 1. The molecule has 0 aliphatic heterocycles. The van der Waals surface area contributed by atoms with Crippen LogP contribution in [0.25, 0.3) is 0 Å². The lowest BCUT2D eigenvalue weighted by Gasteiger charge is -2.17. The smallest absolute Gasteiger partial charge is 0.475 e. The van der Waals surface area contributed by atoms with E-state index in [0.29, 0.717) is 13.1 Å². The van der Waals surface area contributed by atoms with Crippen molar-refractivity contribution in [3.63, 3.8) is 0 Å². The van der Waals surface area contributed by atoms with E-state index in [9.17, 15) is 13.2 Å². The third kappa shape index (κ3) is 10.3. The van der Waals surface area contributed by atoms with E-state index in [1.54, 1.807) is 17.1 Å². The Hall–Kier alpha value is -1.99. The number of nitrogens with zero attached hydrogens (tertiary/aromatic N) is 1. The molecule has 0 rings (SSSR count). The molecule has 17 heavy (non-hydrogen) atoms. The van der Waals surface area contributed by atoms with Crippen LogP contribution in [-0.4, -0.2) is 41.2 Å². The van der Waals surface area contributed by atoms with Gasteiger partial charge in [-0.2, -0.15) is 13.2 Å². The predicted molar refractivity (Wildman–Crippen MR) is 57.6 cm³/mol. The molecule has 0 saturated carbocycles. The maximum absolute atomic E-state index is 10.6. The average molecular weight is 253 g/mol. The summed E-state index contributed by atoms with van der Waals surface area (Å²) in [5, 5.41) is 14.2. The summed E-state index contributed by atoms with van der Waals surface area (Å²) in [4.78, 5) is 10.5. The molecule has 4 N–H and O–H groups in total. The van der Waals surface area contributed by atoms with E-state index in [1.165, 1.54) is 0 Å².